The Balaban J connectivity index is 1.48. The quantitative estimate of drug-likeness (QED) is 0.355. The van der Waals surface area contributed by atoms with Crippen LogP contribution >= 0.6 is 0 Å². The predicted molar refractivity (Wildman–Crippen MR) is 136 cm³/mol. The Morgan fingerprint density at radius 2 is 1.77 bits per heavy atom. The van der Waals surface area contributed by atoms with Crippen molar-refractivity contribution >= 4 is 40.1 Å². The number of nitrogen functional groups attached to an aromatic ring is 1. The molecule has 3 aromatic heterocycles. The molecule has 35 heavy (non-hydrogen) atoms. The van der Waals surface area contributed by atoms with Crippen molar-refractivity contribution in [3.05, 3.63) is 89.7 Å². The minimum absolute atomic E-state index is 0.169. The number of rotatable bonds is 7. The molecule has 1 amide bonds. The summed E-state index contributed by atoms with van der Waals surface area (Å²) in [6.07, 6.45) is 5.64. The predicted octanol–water partition coefficient (Wildman–Crippen LogP) is 3.43. The third kappa shape index (κ3) is 4.51. The van der Waals surface area contributed by atoms with Gasteiger partial charge in [-0.15, -0.1) is 0 Å². The fourth-order valence-corrected chi connectivity index (χ4v) is 3.76. The van der Waals surface area contributed by atoms with E-state index in [-0.39, 0.29) is 17.3 Å². The summed E-state index contributed by atoms with van der Waals surface area (Å²) < 4.78 is 6.64. The number of nitrogens with two attached hydrogens (primary N) is 1. The van der Waals surface area contributed by atoms with Gasteiger partial charge in [0.2, 0.25) is 0 Å². The molecule has 0 unspecified atom stereocenters. The van der Waals surface area contributed by atoms with E-state index in [9.17, 15) is 4.79 Å². The molecule has 0 spiro atoms. The van der Waals surface area contributed by atoms with Gasteiger partial charge in [-0.3, -0.25) is 9.78 Å². The maximum absolute atomic E-state index is 13.2. The summed E-state index contributed by atoms with van der Waals surface area (Å²) >= 11 is 0. The maximum Gasteiger partial charge on any atom is 0.257 e. The van der Waals surface area contributed by atoms with Gasteiger partial charge in [0.25, 0.3) is 5.91 Å². The van der Waals surface area contributed by atoms with Crippen LogP contribution in [-0.4, -0.2) is 45.4 Å². The minimum atomic E-state index is -0.330. The van der Waals surface area contributed by atoms with Gasteiger partial charge in [0.05, 0.1) is 24.4 Å². The van der Waals surface area contributed by atoms with Crippen molar-refractivity contribution in [2.75, 3.05) is 19.4 Å². The zero-order valence-corrected chi connectivity index (χ0v) is 19.0. The van der Waals surface area contributed by atoms with E-state index in [4.69, 9.17) is 20.4 Å². The maximum atomic E-state index is 13.2. The Hall–Kier alpha value is -4.79. The summed E-state index contributed by atoms with van der Waals surface area (Å²) in [5.74, 6) is 0.627. The van der Waals surface area contributed by atoms with E-state index in [1.165, 1.54) is 4.68 Å². The molecule has 0 atom stereocenters. The molecule has 3 N–H and O–H groups in total. The highest BCUT2D eigenvalue weighted by Gasteiger charge is 2.23. The van der Waals surface area contributed by atoms with Crippen molar-refractivity contribution in [1.29, 1.82) is 0 Å². The van der Waals surface area contributed by atoms with E-state index in [0.717, 1.165) is 16.9 Å². The highest BCUT2D eigenvalue weighted by Crippen LogP contribution is 2.27. The summed E-state index contributed by atoms with van der Waals surface area (Å²) in [6, 6.07) is 18.8. The standard InChI is InChI=1S/C26H23N7O2/c1-35-19-8-6-17(7-9-19)12-15-29-26(34)22-23-25(32-21-5-3-2-4-20(21)31-23)33(24(22)27)30-16-18-10-13-28-14-11-18/h2-11,13-14,16H,12,15,27H2,1H3,(H,29,34)/b30-16-. The van der Waals surface area contributed by atoms with Crippen LogP contribution in [0.15, 0.2) is 78.2 Å². The van der Waals surface area contributed by atoms with Crippen LogP contribution < -0.4 is 15.8 Å². The van der Waals surface area contributed by atoms with Crippen molar-refractivity contribution in [3.8, 4) is 5.75 Å². The molecular formula is C26H23N7O2. The lowest BCUT2D eigenvalue weighted by atomic mass is 10.1. The average Bonchev–Trinajstić information content (AvgIpc) is 3.17. The van der Waals surface area contributed by atoms with Crippen molar-refractivity contribution in [2.45, 2.75) is 6.42 Å². The van der Waals surface area contributed by atoms with Crippen LogP contribution in [0.1, 0.15) is 21.5 Å². The van der Waals surface area contributed by atoms with Crippen molar-refractivity contribution in [2.24, 2.45) is 5.10 Å². The van der Waals surface area contributed by atoms with Crippen LogP contribution in [0, 0.1) is 0 Å². The van der Waals surface area contributed by atoms with E-state index in [1.54, 1.807) is 25.7 Å². The number of carbonyl (C=O) groups excluding carboxylic acids is 1. The second kappa shape index (κ2) is 9.60. The fourth-order valence-electron chi connectivity index (χ4n) is 3.76. The monoisotopic (exact) mass is 465 g/mol. The van der Waals surface area contributed by atoms with E-state index < -0.39 is 0 Å². The summed E-state index contributed by atoms with van der Waals surface area (Å²) in [5.41, 5.74) is 10.8. The van der Waals surface area contributed by atoms with Crippen molar-refractivity contribution in [3.63, 3.8) is 0 Å². The third-order valence-electron chi connectivity index (χ3n) is 5.59. The Labute approximate surface area is 201 Å². The van der Waals surface area contributed by atoms with Gasteiger partial charge in [0.1, 0.15) is 22.6 Å². The molecule has 0 saturated heterocycles. The number of hydrogen-bond donors (Lipinski definition) is 2. The molecule has 5 aromatic rings. The number of aromatic nitrogens is 4. The van der Waals surface area contributed by atoms with Gasteiger partial charge in [-0.25, -0.2) is 9.97 Å². The molecule has 0 aliphatic carbocycles. The molecule has 5 rings (SSSR count). The lowest BCUT2D eigenvalue weighted by molar-refractivity contribution is 0.0956. The number of pyridine rings is 1. The largest absolute Gasteiger partial charge is 0.497 e. The first-order chi connectivity index (χ1) is 17.1. The first-order valence-electron chi connectivity index (χ1n) is 11.1. The van der Waals surface area contributed by atoms with E-state index in [1.807, 2.05) is 60.7 Å². The van der Waals surface area contributed by atoms with E-state index in [0.29, 0.717) is 35.2 Å². The number of methoxy groups -OCH3 is 1. The van der Waals surface area contributed by atoms with Crippen LogP contribution in [0.25, 0.3) is 22.2 Å². The second-order valence-electron chi connectivity index (χ2n) is 7.84. The average molecular weight is 466 g/mol. The number of anilines is 1. The number of carbonyl (C=O) groups is 1. The number of amides is 1. The van der Waals surface area contributed by atoms with Gasteiger partial charge >= 0.3 is 0 Å². The molecule has 0 aliphatic rings. The van der Waals surface area contributed by atoms with Gasteiger partial charge in [0, 0.05) is 18.9 Å². The highest BCUT2D eigenvalue weighted by atomic mass is 16.5. The van der Waals surface area contributed by atoms with Gasteiger partial charge in [-0.1, -0.05) is 24.3 Å². The molecule has 0 aliphatic heterocycles. The zero-order chi connectivity index (χ0) is 24.2. The Morgan fingerprint density at radius 3 is 2.49 bits per heavy atom. The topological polar surface area (TPSA) is 120 Å². The number of nitrogens with zero attached hydrogens (tertiary/aromatic N) is 5. The summed E-state index contributed by atoms with van der Waals surface area (Å²) in [5, 5.41) is 7.46. The first kappa shape index (κ1) is 22.0. The van der Waals surface area contributed by atoms with E-state index in [2.05, 4.69) is 15.4 Å². The van der Waals surface area contributed by atoms with Crippen LogP contribution in [-0.2, 0) is 6.42 Å². The van der Waals surface area contributed by atoms with Crippen LogP contribution in [0.2, 0.25) is 0 Å². The third-order valence-corrected chi connectivity index (χ3v) is 5.59. The molecule has 0 bridgehead atoms. The normalized spacial score (nSPS) is 11.3. The van der Waals surface area contributed by atoms with Crippen LogP contribution in [0.4, 0.5) is 5.82 Å². The molecule has 0 saturated carbocycles. The molecule has 0 radical (unpaired) electrons. The van der Waals surface area contributed by atoms with Gasteiger partial charge in [-0.2, -0.15) is 9.78 Å². The minimum Gasteiger partial charge on any atom is -0.497 e. The van der Waals surface area contributed by atoms with E-state index >= 15 is 0 Å². The van der Waals surface area contributed by atoms with Gasteiger partial charge in [0.15, 0.2) is 5.65 Å². The lowest BCUT2D eigenvalue weighted by Gasteiger charge is -2.06. The number of para-hydroxylation sites is 2. The molecule has 2 aromatic carbocycles. The number of fused-ring (bicyclic) bond motifs is 2. The molecule has 0 fully saturated rings. The van der Waals surface area contributed by atoms with Crippen LogP contribution in [0.5, 0.6) is 5.75 Å². The Kier molecular flexibility index (Phi) is 6.04. The zero-order valence-electron chi connectivity index (χ0n) is 19.0. The van der Waals surface area contributed by atoms with Crippen LogP contribution in [0.3, 0.4) is 0 Å². The summed E-state index contributed by atoms with van der Waals surface area (Å²) in [7, 11) is 1.63. The smallest absolute Gasteiger partial charge is 0.257 e. The molecule has 9 nitrogen and oxygen atoms in total. The number of benzene rings is 2. The Morgan fingerprint density at radius 1 is 1.06 bits per heavy atom. The number of nitrogens with one attached hydrogen (secondary N) is 1. The summed E-state index contributed by atoms with van der Waals surface area (Å²) in [4.78, 5) is 26.7. The molecule has 9 heteroatoms. The second-order valence-corrected chi connectivity index (χ2v) is 7.84. The van der Waals surface area contributed by atoms with Crippen molar-refractivity contribution in [1.82, 2.24) is 24.9 Å². The SMILES string of the molecule is COc1ccc(CCNC(=O)c2c(N)n(/N=C\c3ccncc3)c3nc4ccccc4nc23)cc1. The molecular weight excluding hydrogens is 442 g/mol. The summed E-state index contributed by atoms with van der Waals surface area (Å²) in [6.45, 7) is 0.429. The lowest BCUT2D eigenvalue weighted by Crippen LogP contribution is -2.26. The highest BCUT2D eigenvalue weighted by molar-refractivity contribution is 6.10. The first-order valence-corrected chi connectivity index (χ1v) is 11.1. The Bertz CT molecular complexity index is 1530. The number of hydrogen-bond acceptors (Lipinski definition) is 7. The fraction of sp³-hybridized carbons (Fsp3) is 0.115. The molecule has 3 heterocycles. The number of ether oxygens (including phenoxy) is 1. The van der Waals surface area contributed by atoms with Crippen molar-refractivity contribution < 1.29 is 9.53 Å². The molecule has 174 valence electrons. The van der Waals surface area contributed by atoms with Gasteiger partial charge < -0.3 is 15.8 Å². The van der Waals surface area contributed by atoms with Gasteiger partial charge in [-0.05, 0) is 53.9 Å².